The van der Waals surface area contributed by atoms with Crippen molar-refractivity contribution in [1.82, 2.24) is 14.9 Å². The minimum atomic E-state index is -0.177. The first-order valence-electron chi connectivity index (χ1n) is 11.2. The molecule has 0 fully saturated rings. The van der Waals surface area contributed by atoms with Crippen LogP contribution >= 0.6 is 11.6 Å². The van der Waals surface area contributed by atoms with Gasteiger partial charge in [-0.25, -0.2) is 4.98 Å². The van der Waals surface area contributed by atoms with Crippen molar-refractivity contribution in [3.8, 4) is 0 Å². The van der Waals surface area contributed by atoms with E-state index in [4.69, 9.17) is 11.6 Å². The molecule has 4 rings (SSSR count). The Morgan fingerprint density at radius 1 is 1.03 bits per heavy atom. The van der Waals surface area contributed by atoms with E-state index in [1.54, 1.807) is 12.3 Å². The van der Waals surface area contributed by atoms with E-state index in [1.807, 2.05) is 86.6 Å². The molecule has 35 heavy (non-hydrogen) atoms. The molecule has 3 N–H and O–H groups in total. The normalized spacial score (nSPS) is 11.2. The van der Waals surface area contributed by atoms with Crippen molar-refractivity contribution in [2.75, 3.05) is 36.6 Å². The van der Waals surface area contributed by atoms with E-state index in [-0.39, 0.29) is 5.91 Å². The van der Waals surface area contributed by atoms with Crippen LogP contribution in [-0.4, -0.2) is 41.4 Å². The Morgan fingerprint density at radius 3 is 2.69 bits per heavy atom. The number of hydrogen-bond donors (Lipinski definition) is 3. The fourth-order valence-corrected chi connectivity index (χ4v) is 3.77. The van der Waals surface area contributed by atoms with Crippen LogP contribution in [0.3, 0.4) is 0 Å². The molecule has 0 unspecified atom stereocenters. The third kappa shape index (κ3) is 6.56. The van der Waals surface area contributed by atoms with Gasteiger partial charge in [-0.2, -0.15) is 4.98 Å². The van der Waals surface area contributed by atoms with Gasteiger partial charge in [0, 0.05) is 41.3 Å². The first-order valence-corrected chi connectivity index (χ1v) is 11.5. The molecular weight excluding hydrogens is 460 g/mol. The SMILES string of the molecule is Cc1ccc(Nc2nccc(Nc3cc(Cl)c4ccccc4c3)n2)cc1NC(=O)/C=C/CN(C)C. The summed E-state index contributed by atoms with van der Waals surface area (Å²) < 4.78 is 0. The number of aryl methyl sites for hydroxylation is 1. The van der Waals surface area contributed by atoms with Gasteiger partial charge in [-0.15, -0.1) is 0 Å². The van der Waals surface area contributed by atoms with E-state index in [1.165, 1.54) is 6.08 Å². The quantitative estimate of drug-likeness (QED) is 0.260. The van der Waals surface area contributed by atoms with Gasteiger partial charge >= 0.3 is 0 Å². The first-order chi connectivity index (χ1) is 16.9. The van der Waals surface area contributed by atoms with Crippen LogP contribution < -0.4 is 16.0 Å². The molecule has 0 aliphatic heterocycles. The maximum atomic E-state index is 12.3. The Morgan fingerprint density at radius 2 is 1.86 bits per heavy atom. The number of likely N-dealkylation sites (N-methyl/N-ethyl adjacent to an activating group) is 1. The lowest BCUT2D eigenvalue weighted by Gasteiger charge is -2.12. The predicted octanol–water partition coefficient (Wildman–Crippen LogP) is 6.14. The molecule has 0 radical (unpaired) electrons. The Hall–Kier alpha value is -3.94. The number of nitrogens with one attached hydrogen (secondary N) is 3. The van der Waals surface area contributed by atoms with E-state index in [9.17, 15) is 4.79 Å². The molecule has 0 saturated carbocycles. The third-order valence-electron chi connectivity index (χ3n) is 5.23. The molecule has 0 aliphatic carbocycles. The average Bonchev–Trinajstić information content (AvgIpc) is 2.81. The summed E-state index contributed by atoms with van der Waals surface area (Å²) in [6, 6.07) is 19.4. The van der Waals surface area contributed by atoms with Crippen molar-refractivity contribution in [2.45, 2.75) is 6.92 Å². The minimum Gasteiger partial charge on any atom is -0.340 e. The third-order valence-corrected chi connectivity index (χ3v) is 5.54. The molecule has 178 valence electrons. The first kappa shape index (κ1) is 24.2. The van der Waals surface area contributed by atoms with Crippen molar-refractivity contribution in [3.05, 3.63) is 89.6 Å². The van der Waals surface area contributed by atoms with Crippen LogP contribution in [0.25, 0.3) is 10.8 Å². The van der Waals surface area contributed by atoms with Crippen LogP contribution in [-0.2, 0) is 4.79 Å². The Kier molecular flexibility index (Phi) is 7.60. The smallest absolute Gasteiger partial charge is 0.248 e. The fourth-order valence-electron chi connectivity index (χ4n) is 3.48. The molecule has 0 saturated heterocycles. The number of halogens is 1. The second kappa shape index (κ2) is 11.0. The summed E-state index contributed by atoms with van der Waals surface area (Å²) in [5, 5.41) is 12.1. The van der Waals surface area contributed by atoms with Crippen molar-refractivity contribution >= 4 is 57.1 Å². The summed E-state index contributed by atoms with van der Waals surface area (Å²) in [4.78, 5) is 23.1. The number of anilines is 5. The highest BCUT2D eigenvalue weighted by Gasteiger charge is 2.07. The van der Waals surface area contributed by atoms with Gasteiger partial charge in [0.05, 0.1) is 5.02 Å². The molecular formula is C27H27ClN6O. The summed E-state index contributed by atoms with van der Waals surface area (Å²) in [6.45, 7) is 2.64. The number of carbonyl (C=O) groups is 1. The number of benzene rings is 3. The Bertz CT molecular complexity index is 1390. The standard InChI is InChI=1S/C27H27ClN6O/c1-18-10-11-20(17-24(18)32-26(35)9-6-14-34(2)3)31-27-29-13-12-25(33-27)30-21-15-19-7-4-5-8-22(19)23(28)16-21/h4-13,15-17H,14H2,1-3H3,(H,32,35)(H2,29,30,31,33)/b9-6+. The zero-order valence-electron chi connectivity index (χ0n) is 19.8. The lowest BCUT2D eigenvalue weighted by molar-refractivity contribution is -0.111. The highest BCUT2D eigenvalue weighted by molar-refractivity contribution is 6.35. The fraction of sp³-hybridized carbons (Fsp3) is 0.148. The molecule has 0 spiro atoms. The van der Waals surface area contributed by atoms with E-state index in [0.717, 1.165) is 33.4 Å². The van der Waals surface area contributed by atoms with Crippen LogP contribution in [0.1, 0.15) is 5.56 Å². The van der Waals surface area contributed by atoms with Crippen molar-refractivity contribution in [2.24, 2.45) is 0 Å². The molecule has 1 aromatic heterocycles. The number of carbonyl (C=O) groups excluding carboxylic acids is 1. The summed E-state index contributed by atoms with van der Waals surface area (Å²) in [5.41, 5.74) is 3.26. The minimum absolute atomic E-state index is 0.177. The van der Waals surface area contributed by atoms with Crippen LogP contribution in [0.15, 0.2) is 79.0 Å². The van der Waals surface area contributed by atoms with Gasteiger partial charge in [-0.3, -0.25) is 4.79 Å². The number of aromatic nitrogens is 2. The zero-order valence-corrected chi connectivity index (χ0v) is 20.6. The number of amides is 1. The highest BCUT2D eigenvalue weighted by Crippen LogP contribution is 2.29. The summed E-state index contributed by atoms with van der Waals surface area (Å²) in [5.74, 6) is 0.873. The average molecular weight is 487 g/mol. The van der Waals surface area contributed by atoms with Crippen molar-refractivity contribution in [3.63, 3.8) is 0 Å². The van der Waals surface area contributed by atoms with Crippen LogP contribution in [0.2, 0.25) is 5.02 Å². The van der Waals surface area contributed by atoms with E-state index < -0.39 is 0 Å². The monoisotopic (exact) mass is 486 g/mol. The van der Waals surface area contributed by atoms with Crippen molar-refractivity contribution in [1.29, 1.82) is 0 Å². The lowest BCUT2D eigenvalue weighted by Crippen LogP contribution is -2.13. The summed E-state index contributed by atoms with van der Waals surface area (Å²) in [7, 11) is 3.90. The summed E-state index contributed by atoms with van der Waals surface area (Å²) in [6.07, 6.45) is 5.03. The van der Waals surface area contributed by atoms with Gasteiger partial charge in [0.25, 0.3) is 0 Å². The largest absolute Gasteiger partial charge is 0.340 e. The molecule has 4 aromatic rings. The van der Waals surface area contributed by atoms with E-state index >= 15 is 0 Å². The van der Waals surface area contributed by atoms with Gasteiger partial charge in [0.15, 0.2) is 0 Å². The lowest BCUT2D eigenvalue weighted by atomic mass is 10.1. The molecule has 1 heterocycles. The van der Waals surface area contributed by atoms with E-state index in [2.05, 4.69) is 25.9 Å². The van der Waals surface area contributed by atoms with Gasteiger partial charge in [-0.05, 0) is 62.3 Å². The molecule has 1 amide bonds. The van der Waals surface area contributed by atoms with Crippen LogP contribution in [0.4, 0.5) is 28.8 Å². The Labute approximate surface area is 209 Å². The number of fused-ring (bicyclic) bond motifs is 1. The molecule has 0 aliphatic rings. The van der Waals surface area contributed by atoms with Gasteiger partial charge < -0.3 is 20.9 Å². The number of nitrogens with zero attached hydrogens (tertiary/aromatic N) is 3. The topological polar surface area (TPSA) is 82.2 Å². The molecule has 0 atom stereocenters. The van der Waals surface area contributed by atoms with E-state index in [0.29, 0.717) is 23.3 Å². The molecule has 3 aromatic carbocycles. The van der Waals surface area contributed by atoms with Crippen molar-refractivity contribution < 1.29 is 4.79 Å². The Balaban J connectivity index is 1.47. The highest BCUT2D eigenvalue weighted by atomic mass is 35.5. The van der Waals surface area contributed by atoms with Gasteiger partial charge in [0.2, 0.25) is 11.9 Å². The van der Waals surface area contributed by atoms with Crippen LogP contribution in [0, 0.1) is 6.92 Å². The second-order valence-electron chi connectivity index (χ2n) is 8.38. The number of rotatable bonds is 8. The molecule has 7 nitrogen and oxygen atoms in total. The zero-order chi connectivity index (χ0) is 24.8. The maximum absolute atomic E-state index is 12.3. The second-order valence-corrected chi connectivity index (χ2v) is 8.79. The molecule has 0 bridgehead atoms. The van der Waals surface area contributed by atoms with Crippen LogP contribution in [0.5, 0.6) is 0 Å². The number of hydrogen-bond acceptors (Lipinski definition) is 6. The maximum Gasteiger partial charge on any atom is 0.248 e. The molecule has 8 heteroatoms. The summed E-state index contributed by atoms with van der Waals surface area (Å²) >= 11 is 6.45. The predicted molar refractivity (Wildman–Crippen MR) is 145 cm³/mol. The van der Waals surface area contributed by atoms with Gasteiger partial charge in [0.1, 0.15) is 5.82 Å². The van der Waals surface area contributed by atoms with Gasteiger partial charge in [-0.1, -0.05) is 48.0 Å².